The fourth-order valence-corrected chi connectivity index (χ4v) is 3.95. The van der Waals surface area contributed by atoms with Gasteiger partial charge in [-0.3, -0.25) is 4.79 Å². The molecule has 0 aromatic carbocycles. The predicted molar refractivity (Wildman–Crippen MR) is 62.8 cm³/mol. The minimum atomic E-state index is -2.90. The average molecular weight is 251 g/mol. The van der Waals surface area contributed by atoms with Crippen LogP contribution in [0.25, 0.3) is 0 Å². The van der Waals surface area contributed by atoms with Crippen molar-refractivity contribution in [2.24, 2.45) is 0 Å². The van der Waals surface area contributed by atoms with Gasteiger partial charge in [0.2, 0.25) is 5.91 Å². The van der Waals surface area contributed by atoms with Crippen LogP contribution in [0.3, 0.4) is 0 Å². The van der Waals surface area contributed by atoms with Crippen LogP contribution < -0.4 is 5.32 Å². The molecule has 0 radical (unpaired) electrons. The predicted octanol–water partition coefficient (Wildman–Crippen LogP) is 0.431. The van der Waals surface area contributed by atoms with Gasteiger partial charge in [0.1, 0.15) is 0 Å². The first kappa shape index (κ1) is 12.8. The van der Waals surface area contributed by atoms with Crippen LogP contribution in [0, 0.1) is 0 Å². The molecule has 15 heavy (non-hydrogen) atoms. The molecular weight excluding hydrogens is 234 g/mol. The summed E-state index contributed by atoms with van der Waals surface area (Å²) in [6, 6.07) is -0.178. The van der Waals surface area contributed by atoms with Crippen molar-refractivity contribution in [1.29, 1.82) is 0 Å². The number of hydrogen-bond acceptors (Lipinski definition) is 4. The zero-order valence-corrected chi connectivity index (χ0v) is 10.7. The Bertz CT molecular complexity index is 326. The SMILES string of the molecule is CCSC(C)C(=O)NC1CCS(=O)(=O)C1. The van der Waals surface area contributed by atoms with Gasteiger partial charge >= 0.3 is 0 Å². The van der Waals surface area contributed by atoms with E-state index in [1.165, 1.54) is 0 Å². The lowest BCUT2D eigenvalue weighted by molar-refractivity contribution is -0.120. The van der Waals surface area contributed by atoms with Gasteiger partial charge in [-0.25, -0.2) is 8.42 Å². The van der Waals surface area contributed by atoms with Crippen LogP contribution >= 0.6 is 11.8 Å². The molecular formula is C9H17NO3S2. The van der Waals surface area contributed by atoms with E-state index in [0.717, 1.165) is 5.75 Å². The van der Waals surface area contributed by atoms with Gasteiger partial charge in [-0.05, 0) is 19.1 Å². The zero-order chi connectivity index (χ0) is 11.5. The number of rotatable bonds is 4. The molecule has 1 heterocycles. The molecule has 1 rings (SSSR count). The van der Waals surface area contributed by atoms with Crippen molar-refractivity contribution in [2.45, 2.75) is 31.6 Å². The summed E-state index contributed by atoms with van der Waals surface area (Å²) in [5.74, 6) is 1.14. The molecule has 1 aliphatic rings. The van der Waals surface area contributed by atoms with Crippen LogP contribution in [0.4, 0.5) is 0 Å². The van der Waals surface area contributed by atoms with Gasteiger partial charge in [0.25, 0.3) is 0 Å². The fourth-order valence-electron chi connectivity index (χ4n) is 1.55. The molecule has 6 heteroatoms. The lowest BCUT2D eigenvalue weighted by Gasteiger charge is -2.14. The van der Waals surface area contributed by atoms with E-state index in [1.807, 2.05) is 13.8 Å². The minimum Gasteiger partial charge on any atom is -0.351 e. The number of nitrogens with one attached hydrogen (secondary N) is 1. The number of carbonyl (C=O) groups excluding carboxylic acids is 1. The van der Waals surface area contributed by atoms with Crippen molar-refractivity contribution in [3.63, 3.8) is 0 Å². The fraction of sp³-hybridized carbons (Fsp3) is 0.889. The van der Waals surface area contributed by atoms with Crippen molar-refractivity contribution < 1.29 is 13.2 Å². The van der Waals surface area contributed by atoms with Crippen molar-refractivity contribution >= 4 is 27.5 Å². The van der Waals surface area contributed by atoms with E-state index < -0.39 is 9.84 Å². The first-order chi connectivity index (χ1) is 6.94. The first-order valence-electron chi connectivity index (χ1n) is 5.07. The molecule has 2 atom stereocenters. The van der Waals surface area contributed by atoms with Gasteiger partial charge in [0, 0.05) is 6.04 Å². The Morgan fingerprint density at radius 2 is 2.27 bits per heavy atom. The second kappa shape index (κ2) is 5.21. The third-order valence-corrected chi connectivity index (χ3v) is 5.18. The molecule has 2 unspecified atom stereocenters. The summed E-state index contributed by atoms with van der Waals surface area (Å²) < 4.78 is 22.3. The molecule has 1 N–H and O–H groups in total. The maximum absolute atomic E-state index is 11.6. The van der Waals surface area contributed by atoms with Gasteiger partial charge in [-0.15, -0.1) is 11.8 Å². The summed E-state index contributed by atoms with van der Waals surface area (Å²) >= 11 is 1.56. The normalized spacial score (nSPS) is 26.1. The molecule has 88 valence electrons. The maximum Gasteiger partial charge on any atom is 0.233 e. The Kier molecular flexibility index (Phi) is 4.45. The highest BCUT2D eigenvalue weighted by molar-refractivity contribution is 8.00. The van der Waals surface area contributed by atoms with Crippen LogP contribution in [0.2, 0.25) is 0 Å². The van der Waals surface area contributed by atoms with Crippen LogP contribution in [0.1, 0.15) is 20.3 Å². The summed E-state index contributed by atoms with van der Waals surface area (Å²) in [6.07, 6.45) is 0.553. The number of sulfone groups is 1. The minimum absolute atomic E-state index is 0.0519. The van der Waals surface area contributed by atoms with Crippen molar-refractivity contribution in [2.75, 3.05) is 17.3 Å². The highest BCUT2D eigenvalue weighted by Gasteiger charge is 2.29. The number of hydrogen-bond donors (Lipinski definition) is 1. The van der Waals surface area contributed by atoms with Gasteiger partial charge in [-0.2, -0.15) is 0 Å². The van der Waals surface area contributed by atoms with Crippen molar-refractivity contribution in [3.8, 4) is 0 Å². The number of amides is 1. The molecule has 0 spiro atoms. The van der Waals surface area contributed by atoms with Crippen molar-refractivity contribution in [1.82, 2.24) is 5.32 Å². The van der Waals surface area contributed by atoms with E-state index in [1.54, 1.807) is 11.8 Å². The van der Waals surface area contributed by atoms with Crippen LogP contribution in [0.15, 0.2) is 0 Å². The first-order valence-corrected chi connectivity index (χ1v) is 7.94. The van der Waals surface area contributed by atoms with E-state index in [4.69, 9.17) is 0 Å². The summed E-state index contributed by atoms with van der Waals surface area (Å²) in [6.45, 7) is 3.83. The topological polar surface area (TPSA) is 63.2 Å². The third-order valence-electron chi connectivity index (χ3n) is 2.36. The third kappa shape index (κ3) is 4.03. The molecule has 0 aromatic rings. The Labute approximate surface area is 95.1 Å². The maximum atomic E-state index is 11.6. The Morgan fingerprint density at radius 1 is 1.60 bits per heavy atom. The van der Waals surface area contributed by atoms with Gasteiger partial charge in [0.05, 0.1) is 16.8 Å². The molecule has 1 fully saturated rings. The Balaban J connectivity index is 2.40. The molecule has 0 aliphatic carbocycles. The standard InChI is InChI=1S/C9H17NO3S2/c1-3-14-7(2)9(11)10-8-4-5-15(12,13)6-8/h7-8H,3-6H2,1-2H3,(H,10,11). The number of carbonyl (C=O) groups is 1. The second-order valence-corrected chi connectivity index (χ2v) is 7.55. The molecule has 4 nitrogen and oxygen atoms in total. The summed E-state index contributed by atoms with van der Waals surface area (Å²) in [4.78, 5) is 11.6. The quantitative estimate of drug-likeness (QED) is 0.787. The van der Waals surface area contributed by atoms with Crippen LogP contribution in [-0.4, -0.2) is 42.9 Å². The van der Waals surface area contributed by atoms with Crippen LogP contribution in [0.5, 0.6) is 0 Å². The lowest BCUT2D eigenvalue weighted by atomic mass is 10.2. The zero-order valence-electron chi connectivity index (χ0n) is 9.02. The molecule has 1 aliphatic heterocycles. The second-order valence-electron chi connectivity index (χ2n) is 3.71. The molecule has 0 saturated carbocycles. The Morgan fingerprint density at radius 3 is 2.73 bits per heavy atom. The summed E-state index contributed by atoms with van der Waals surface area (Å²) in [5.41, 5.74) is 0. The van der Waals surface area contributed by atoms with E-state index in [-0.39, 0.29) is 28.7 Å². The smallest absolute Gasteiger partial charge is 0.233 e. The summed E-state index contributed by atoms with van der Waals surface area (Å²) in [7, 11) is -2.90. The van der Waals surface area contributed by atoms with Gasteiger partial charge in [-0.1, -0.05) is 6.92 Å². The molecule has 1 saturated heterocycles. The number of thioether (sulfide) groups is 1. The highest BCUT2D eigenvalue weighted by Crippen LogP contribution is 2.14. The van der Waals surface area contributed by atoms with Gasteiger partial charge in [0.15, 0.2) is 9.84 Å². The van der Waals surface area contributed by atoms with Crippen molar-refractivity contribution in [3.05, 3.63) is 0 Å². The largest absolute Gasteiger partial charge is 0.351 e. The molecule has 0 aromatic heterocycles. The lowest BCUT2D eigenvalue weighted by Crippen LogP contribution is -2.40. The van der Waals surface area contributed by atoms with E-state index >= 15 is 0 Å². The van der Waals surface area contributed by atoms with Crippen LogP contribution in [-0.2, 0) is 14.6 Å². The van der Waals surface area contributed by atoms with E-state index in [2.05, 4.69) is 5.32 Å². The summed E-state index contributed by atoms with van der Waals surface area (Å²) in [5, 5.41) is 2.68. The Hall–Kier alpha value is -0.230. The van der Waals surface area contributed by atoms with E-state index in [9.17, 15) is 13.2 Å². The van der Waals surface area contributed by atoms with Gasteiger partial charge < -0.3 is 5.32 Å². The monoisotopic (exact) mass is 251 g/mol. The molecule has 1 amide bonds. The average Bonchev–Trinajstić information content (AvgIpc) is 2.46. The highest BCUT2D eigenvalue weighted by atomic mass is 32.2. The van der Waals surface area contributed by atoms with E-state index in [0.29, 0.717) is 6.42 Å². The molecule has 0 bridgehead atoms.